The quantitative estimate of drug-likeness (QED) is 0.729. The summed E-state index contributed by atoms with van der Waals surface area (Å²) in [6.07, 6.45) is 0. The lowest BCUT2D eigenvalue weighted by atomic mass is 10.2. The van der Waals surface area contributed by atoms with Gasteiger partial charge in [-0.05, 0) is 43.3 Å². The Balaban J connectivity index is 2.02. The smallest absolute Gasteiger partial charge is 0.326 e. The van der Waals surface area contributed by atoms with Crippen LogP contribution < -0.4 is 10.4 Å². The molecule has 0 saturated carbocycles. The predicted molar refractivity (Wildman–Crippen MR) is 83.1 cm³/mol. The molecule has 22 heavy (non-hydrogen) atoms. The Morgan fingerprint density at radius 3 is 2.55 bits per heavy atom. The molecule has 5 nitrogen and oxygen atoms in total. The van der Waals surface area contributed by atoms with Crippen LogP contribution in [0.5, 0.6) is 0 Å². The highest BCUT2D eigenvalue weighted by Crippen LogP contribution is 2.10. The number of halogens is 1. The fourth-order valence-electron chi connectivity index (χ4n) is 2.06. The lowest BCUT2D eigenvalue weighted by molar-refractivity contribution is 0.0428. The Morgan fingerprint density at radius 1 is 1.14 bits per heavy atom. The summed E-state index contributed by atoms with van der Waals surface area (Å²) >= 11 is 5.78. The Morgan fingerprint density at radius 2 is 1.82 bits per heavy atom. The molecule has 0 aliphatic heterocycles. The van der Waals surface area contributed by atoms with E-state index < -0.39 is 11.5 Å². The van der Waals surface area contributed by atoms with Gasteiger partial charge in [0.05, 0.1) is 16.5 Å². The van der Waals surface area contributed by atoms with Crippen LogP contribution in [0.25, 0.3) is 10.9 Å². The van der Waals surface area contributed by atoms with Gasteiger partial charge in [0.15, 0.2) is 0 Å². The first-order valence-electron chi connectivity index (χ1n) is 6.53. The highest BCUT2D eigenvalue weighted by Gasteiger charge is 2.14. The lowest BCUT2D eigenvalue weighted by Gasteiger charge is -2.10. The maximum atomic E-state index is 12.4. The van der Waals surface area contributed by atoms with Gasteiger partial charge in [-0.15, -0.1) is 4.73 Å². The van der Waals surface area contributed by atoms with Gasteiger partial charge < -0.3 is 4.84 Å². The first-order valence-corrected chi connectivity index (χ1v) is 6.91. The molecule has 0 atom stereocenters. The van der Waals surface area contributed by atoms with Crippen LogP contribution >= 0.6 is 11.6 Å². The van der Waals surface area contributed by atoms with Crippen molar-refractivity contribution in [2.75, 3.05) is 0 Å². The number of carbonyl (C=O) groups is 1. The summed E-state index contributed by atoms with van der Waals surface area (Å²) < 4.78 is 0.902. The van der Waals surface area contributed by atoms with Crippen molar-refractivity contribution in [3.8, 4) is 0 Å². The van der Waals surface area contributed by atoms with Crippen molar-refractivity contribution in [2.24, 2.45) is 0 Å². The monoisotopic (exact) mass is 314 g/mol. The van der Waals surface area contributed by atoms with Crippen molar-refractivity contribution in [3.63, 3.8) is 0 Å². The minimum Gasteiger partial charge on any atom is -0.326 e. The van der Waals surface area contributed by atoms with Crippen molar-refractivity contribution in [1.82, 2.24) is 9.71 Å². The second-order valence-corrected chi connectivity index (χ2v) is 5.10. The van der Waals surface area contributed by atoms with Gasteiger partial charge in [-0.1, -0.05) is 23.7 Å². The van der Waals surface area contributed by atoms with Gasteiger partial charge in [0.2, 0.25) is 0 Å². The summed E-state index contributed by atoms with van der Waals surface area (Å²) in [5.41, 5.74) is 0.429. The Labute approximate surface area is 130 Å². The van der Waals surface area contributed by atoms with Crippen molar-refractivity contribution >= 4 is 28.5 Å². The van der Waals surface area contributed by atoms with Crippen LogP contribution in [0.1, 0.15) is 16.2 Å². The van der Waals surface area contributed by atoms with E-state index in [1.54, 1.807) is 43.3 Å². The molecule has 0 saturated heterocycles. The first kappa shape index (κ1) is 14.3. The number of hydrogen-bond acceptors (Lipinski definition) is 4. The van der Waals surface area contributed by atoms with Gasteiger partial charge in [0.1, 0.15) is 5.82 Å². The molecule has 0 radical (unpaired) electrons. The fourth-order valence-corrected chi connectivity index (χ4v) is 2.18. The predicted octanol–water partition coefficient (Wildman–Crippen LogP) is 2.63. The molecule has 3 aromatic rings. The van der Waals surface area contributed by atoms with Crippen LogP contribution in [-0.2, 0) is 0 Å². The molecule has 0 fully saturated rings. The van der Waals surface area contributed by atoms with Crippen LogP contribution in [-0.4, -0.2) is 15.7 Å². The van der Waals surface area contributed by atoms with Gasteiger partial charge in [-0.2, -0.15) is 0 Å². The maximum Gasteiger partial charge on any atom is 0.363 e. The second-order valence-electron chi connectivity index (χ2n) is 4.66. The highest BCUT2D eigenvalue weighted by atomic mass is 35.5. The van der Waals surface area contributed by atoms with Gasteiger partial charge in [-0.3, -0.25) is 4.79 Å². The molecule has 0 amide bonds. The van der Waals surface area contributed by atoms with E-state index in [9.17, 15) is 9.59 Å². The average molecular weight is 315 g/mol. The number of rotatable bonds is 2. The molecule has 0 unspecified atom stereocenters. The van der Waals surface area contributed by atoms with Crippen LogP contribution in [0.3, 0.4) is 0 Å². The Bertz CT molecular complexity index is 917. The average Bonchev–Trinajstić information content (AvgIpc) is 2.52. The van der Waals surface area contributed by atoms with Crippen molar-refractivity contribution < 1.29 is 9.63 Å². The lowest BCUT2D eigenvalue weighted by Crippen LogP contribution is -2.33. The van der Waals surface area contributed by atoms with E-state index in [1.807, 2.05) is 0 Å². The molecule has 6 heteroatoms. The van der Waals surface area contributed by atoms with E-state index in [-0.39, 0.29) is 0 Å². The van der Waals surface area contributed by atoms with E-state index >= 15 is 0 Å². The summed E-state index contributed by atoms with van der Waals surface area (Å²) in [7, 11) is 0. The third-order valence-electron chi connectivity index (χ3n) is 3.15. The third kappa shape index (κ3) is 2.58. The van der Waals surface area contributed by atoms with Gasteiger partial charge in [0, 0.05) is 5.02 Å². The molecule has 0 aliphatic carbocycles. The molecule has 3 rings (SSSR count). The number of aryl methyl sites for hydroxylation is 1. The van der Waals surface area contributed by atoms with Crippen LogP contribution in [0.15, 0.2) is 53.3 Å². The number of fused-ring (bicyclic) bond motifs is 1. The van der Waals surface area contributed by atoms with Crippen LogP contribution in [0.4, 0.5) is 0 Å². The van der Waals surface area contributed by atoms with Gasteiger partial charge in [-0.25, -0.2) is 9.78 Å². The molecule has 110 valence electrons. The standard InChI is InChI=1S/C16H11ClN2O3/c1-10-18-14-5-3-2-4-13(14)15(20)19(10)22-16(21)11-6-8-12(17)9-7-11/h2-9H,1H3. The second kappa shape index (κ2) is 5.61. The van der Waals surface area contributed by atoms with Gasteiger partial charge in [0.25, 0.3) is 5.56 Å². The fraction of sp³-hybridized carbons (Fsp3) is 0.0625. The molecule has 1 heterocycles. The van der Waals surface area contributed by atoms with E-state index in [0.29, 0.717) is 27.3 Å². The summed E-state index contributed by atoms with van der Waals surface area (Å²) in [6.45, 7) is 1.60. The SMILES string of the molecule is Cc1nc2ccccc2c(=O)n1OC(=O)c1ccc(Cl)cc1. The summed E-state index contributed by atoms with van der Waals surface area (Å²) in [4.78, 5) is 33.9. The molecular weight excluding hydrogens is 304 g/mol. The number of carbonyl (C=O) groups excluding carboxylic acids is 1. The van der Waals surface area contributed by atoms with E-state index in [4.69, 9.17) is 16.4 Å². The molecular formula is C16H11ClN2O3. The van der Waals surface area contributed by atoms with E-state index in [0.717, 1.165) is 4.73 Å². The summed E-state index contributed by atoms with van der Waals surface area (Å²) in [5.74, 6) is -0.357. The molecule has 2 aromatic carbocycles. The van der Waals surface area contributed by atoms with Crippen molar-refractivity contribution in [2.45, 2.75) is 6.92 Å². The number of nitrogens with zero attached hydrogens (tertiary/aromatic N) is 2. The first-order chi connectivity index (χ1) is 10.6. The minimum absolute atomic E-state index is 0.295. The number of hydrogen-bond donors (Lipinski definition) is 0. The van der Waals surface area contributed by atoms with Crippen LogP contribution in [0.2, 0.25) is 5.02 Å². The van der Waals surface area contributed by atoms with Crippen molar-refractivity contribution in [3.05, 3.63) is 75.3 Å². The van der Waals surface area contributed by atoms with E-state index in [2.05, 4.69) is 4.98 Å². The largest absolute Gasteiger partial charge is 0.363 e. The maximum absolute atomic E-state index is 12.4. The Hall–Kier alpha value is -2.66. The zero-order valence-electron chi connectivity index (χ0n) is 11.6. The normalized spacial score (nSPS) is 10.6. The highest BCUT2D eigenvalue weighted by molar-refractivity contribution is 6.30. The third-order valence-corrected chi connectivity index (χ3v) is 3.40. The van der Waals surface area contributed by atoms with Crippen molar-refractivity contribution in [1.29, 1.82) is 0 Å². The zero-order chi connectivity index (χ0) is 15.7. The van der Waals surface area contributed by atoms with Gasteiger partial charge >= 0.3 is 5.97 Å². The molecule has 0 spiro atoms. The summed E-state index contributed by atoms with van der Waals surface area (Å²) in [6, 6.07) is 13.1. The number of benzene rings is 2. The van der Waals surface area contributed by atoms with E-state index in [1.165, 1.54) is 12.1 Å². The van der Waals surface area contributed by atoms with Crippen LogP contribution in [0, 0.1) is 6.92 Å². The molecule has 0 N–H and O–H groups in total. The number of para-hydroxylation sites is 1. The topological polar surface area (TPSA) is 61.2 Å². The zero-order valence-corrected chi connectivity index (χ0v) is 12.4. The summed E-state index contributed by atoms with van der Waals surface area (Å²) in [5, 5.41) is 0.897. The number of aromatic nitrogens is 2. The molecule has 0 aliphatic rings. The molecule has 1 aromatic heterocycles. The Kier molecular flexibility index (Phi) is 3.65. The molecule has 0 bridgehead atoms. The minimum atomic E-state index is -0.654.